The molecule has 2 rings (SSSR count). The van der Waals surface area contributed by atoms with Gasteiger partial charge in [0.15, 0.2) is 11.6 Å². The topological polar surface area (TPSA) is 52.0 Å². The summed E-state index contributed by atoms with van der Waals surface area (Å²) in [4.78, 5) is 0. The molecule has 0 amide bonds. The zero-order valence-electron chi connectivity index (χ0n) is 8.54. The number of anilines is 1. The summed E-state index contributed by atoms with van der Waals surface area (Å²) in [7, 11) is 0. The largest absolute Gasteiger partial charge is 0.381 e. The highest BCUT2D eigenvalue weighted by molar-refractivity contribution is 5.66. The van der Waals surface area contributed by atoms with Crippen LogP contribution in [0.2, 0.25) is 0 Å². The Kier molecular flexibility index (Phi) is 2.19. The molecule has 2 aromatic rings. The lowest BCUT2D eigenvalue weighted by molar-refractivity contribution is 0.435. The fourth-order valence-electron chi connectivity index (χ4n) is 1.48. The van der Waals surface area contributed by atoms with Crippen LogP contribution in [0.25, 0.3) is 11.3 Å². The van der Waals surface area contributed by atoms with E-state index < -0.39 is 0 Å². The quantitative estimate of drug-likeness (QED) is 0.780. The number of halogens is 1. The van der Waals surface area contributed by atoms with Crippen molar-refractivity contribution in [1.29, 1.82) is 0 Å². The molecule has 1 heterocycles. The number of aryl methyl sites for hydroxylation is 1. The number of hydrogen-bond acceptors (Lipinski definition) is 3. The minimum Gasteiger partial charge on any atom is -0.381 e. The van der Waals surface area contributed by atoms with Crippen LogP contribution >= 0.6 is 0 Å². The van der Waals surface area contributed by atoms with Crippen molar-refractivity contribution in [3.05, 3.63) is 35.1 Å². The van der Waals surface area contributed by atoms with Gasteiger partial charge in [-0.05, 0) is 37.6 Å². The highest BCUT2D eigenvalue weighted by atomic mass is 19.1. The van der Waals surface area contributed by atoms with Crippen LogP contribution in [0.4, 0.5) is 10.2 Å². The Hall–Kier alpha value is -1.84. The normalized spacial score (nSPS) is 10.6. The molecule has 0 aliphatic rings. The van der Waals surface area contributed by atoms with E-state index >= 15 is 0 Å². The van der Waals surface area contributed by atoms with E-state index in [1.165, 1.54) is 12.1 Å². The smallest absolute Gasteiger partial charge is 0.172 e. The second-order valence-corrected chi connectivity index (χ2v) is 3.54. The van der Waals surface area contributed by atoms with Gasteiger partial charge in [0.25, 0.3) is 0 Å². The third kappa shape index (κ3) is 1.70. The Labute approximate surface area is 86.7 Å². The van der Waals surface area contributed by atoms with Gasteiger partial charge in [-0.2, -0.15) is 0 Å². The molecule has 2 N–H and O–H groups in total. The molecule has 0 aliphatic heterocycles. The minimum atomic E-state index is -0.292. The number of benzene rings is 1. The SMILES string of the molecule is Cc1cc(F)cc(-c2onc(N)c2C)c1. The van der Waals surface area contributed by atoms with E-state index in [0.717, 1.165) is 11.1 Å². The van der Waals surface area contributed by atoms with Crippen LogP contribution in [-0.2, 0) is 0 Å². The van der Waals surface area contributed by atoms with E-state index in [1.54, 1.807) is 6.92 Å². The molecule has 78 valence electrons. The summed E-state index contributed by atoms with van der Waals surface area (Å²) in [6, 6.07) is 4.69. The van der Waals surface area contributed by atoms with Crippen molar-refractivity contribution in [2.24, 2.45) is 0 Å². The van der Waals surface area contributed by atoms with Crippen molar-refractivity contribution in [1.82, 2.24) is 5.16 Å². The van der Waals surface area contributed by atoms with Crippen LogP contribution in [0.5, 0.6) is 0 Å². The van der Waals surface area contributed by atoms with Crippen molar-refractivity contribution < 1.29 is 8.91 Å². The van der Waals surface area contributed by atoms with Gasteiger partial charge in [-0.15, -0.1) is 0 Å². The number of nitrogens with two attached hydrogens (primary N) is 1. The van der Waals surface area contributed by atoms with Gasteiger partial charge in [-0.1, -0.05) is 5.16 Å². The third-order valence-corrected chi connectivity index (χ3v) is 2.26. The summed E-state index contributed by atoms with van der Waals surface area (Å²) >= 11 is 0. The molecule has 1 aromatic heterocycles. The van der Waals surface area contributed by atoms with Gasteiger partial charge in [0.05, 0.1) is 0 Å². The lowest BCUT2D eigenvalue weighted by Gasteiger charge is -2.00. The fourth-order valence-corrected chi connectivity index (χ4v) is 1.48. The summed E-state index contributed by atoms with van der Waals surface area (Å²) < 4.78 is 18.2. The summed E-state index contributed by atoms with van der Waals surface area (Å²) in [5, 5.41) is 3.63. The van der Waals surface area contributed by atoms with Crippen LogP contribution in [0.3, 0.4) is 0 Å². The number of nitrogen functional groups attached to an aromatic ring is 1. The first-order valence-corrected chi connectivity index (χ1v) is 4.57. The number of rotatable bonds is 1. The summed E-state index contributed by atoms with van der Waals surface area (Å²) in [6.07, 6.45) is 0. The van der Waals surface area contributed by atoms with E-state index in [-0.39, 0.29) is 5.82 Å². The van der Waals surface area contributed by atoms with Crippen LogP contribution in [-0.4, -0.2) is 5.16 Å². The van der Waals surface area contributed by atoms with Crippen LogP contribution < -0.4 is 5.73 Å². The Morgan fingerprint density at radius 3 is 2.53 bits per heavy atom. The number of nitrogens with zero attached hydrogens (tertiary/aromatic N) is 1. The fraction of sp³-hybridized carbons (Fsp3) is 0.182. The molecule has 15 heavy (non-hydrogen) atoms. The summed E-state index contributed by atoms with van der Waals surface area (Å²) in [5.74, 6) is 0.571. The van der Waals surface area contributed by atoms with Gasteiger partial charge in [0.2, 0.25) is 0 Å². The van der Waals surface area contributed by atoms with Crippen LogP contribution in [0.15, 0.2) is 22.7 Å². The molecule has 4 heteroatoms. The molecule has 0 aliphatic carbocycles. The molecule has 0 saturated heterocycles. The van der Waals surface area contributed by atoms with E-state index in [4.69, 9.17) is 10.3 Å². The van der Waals surface area contributed by atoms with Crippen LogP contribution in [0.1, 0.15) is 11.1 Å². The highest BCUT2D eigenvalue weighted by Gasteiger charge is 2.12. The predicted molar refractivity (Wildman–Crippen MR) is 55.8 cm³/mol. The average molecular weight is 206 g/mol. The van der Waals surface area contributed by atoms with E-state index in [0.29, 0.717) is 17.1 Å². The summed E-state index contributed by atoms with van der Waals surface area (Å²) in [6.45, 7) is 3.61. The van der Waals surface area contributed by atoms with Gasteiger partial charge in [-0.3, -0.25) is 0 Å². The Morgan fingerprint density at radius 2 is 2.00 bits per heavy atom. The maximum absolute atomic E-state index is 13.2. The first-order chi connectivity index (χ1) is 7.08. The molecule has 1 aromatic carbocycles. The van der Waals surface area contributed by atoms with Crippen molar-refractivity contribution in [2.75, 3.05) is 5.73 Å². The number of hydrogen-bond donors (Lipinski definition) is 1. The predicted octanol–water partition coefficient (Wildman–Crippen LogP) is 2.68. The molecule has 0 unspecified atom stereocenters. The zero-order valence-corrected chi connectivity index (χ0v) is 8.54. The average Bonchev–Trinajstić information content (AvgIpc) is 2.46. The monoisotopic (exact) mass is 206 g/mol. The second kappa shape index (κ2) is 3.38. The third-order valence-electron chi connectivity index (χ3n) is 2.26. The first kappa shape index (κ1) is 9.71. The lowest BCUT2D eigenvalue weighted by atomic mass is 10.1. The lowest BCUT2D eigenvalue weighted by Crippen LogP contribution is -1.87. The molecule has 0 saturated carbocycles. The molecule has 0 fully saturated rings. The Morgan fingerprint density at radius 1 is 1.27 bits per heavy atom. The standard InChI is InChI=1S/C11H11FN2O/c1-6-3-8(5-9(12)4-6)10-7(2)11(13)14-15-10/h3-5H,1-2H3,(H2,13,14). The zero-order chi connectivity index (χ0) is 11.0. The molecule has 3 nitrogen and oxygen atoms in total. The molecular weight excluding hydrogens is 195 g/mol. The van der Waals surface area contributed by atoms with E-state index in [2.05, 4.69) is 5.16 Å². The highest BCUT2D eigenvalue weighted by Crippen LogP contribution is 2.27. The maximum atomic E-state index is 13.2. The van der Waals surface area contributed by atoms with Gasteiger partial charge in [0.1, 0.15) is 5.82 Å². The second-order valence-electron chi connectivity index (χ2n) is 3.54. The van der Waals surface area contributed by atoms with Crippen molar-refractivity contribution in [3.63, 3.8) is 0 Å². The van der Waals surface area contributed by atoms with Gasteiger partial charge in [-0.25, -0.2) is 4.39 Å². The van der Waals surface area contributed by atoms with Gasteiger partial charge in [0, 0.05) is 11.1 Å². The van der Waals surface area contributed by atoms with E-state index in [9.17, 15) is 4.39 Å². The van der Waals surface area contributed by atoms with Crippen molar-refractivity contribution in [3.8, 4) is 11.3 Å². The van der Waals surface area contributed by atoms with Crippen molar-refractivity contribution in [2.45, 2.75) is 13.8 Å². The summed E-state index contributed by atoms with van der Waals surface area (Å²) in [5.41, 5.74) is 7.79. The molecule has 0 atom stereocenters. The maximum Gasteiger partial charge on any atom is 0.172 e. The Balaban J connectivity index is 2.58. The molecule has 0 radical (unpaired) electrons. The minimum absolute atomic E-state index is 0.292. The molecule has 0 bridgehead atoms. The van der Waals surface area contributed by atoms with Gasteiger partial charge < -0.3 is 10.3 Å². The van der Waals surface area contributed by atoms with Crippen molar-refractivity contribution >= 4 is 5.82 Å². The molecular formula is C11H11FN2O. The Bertz CT molecular complexity index is 485. The number of aromatic nitrogens is 1. The van der Waals surface area contributed by atoms with Crippen LogP contribution in [0, 0.1) is 19.7 Å². The first-order valence-electron chi connectivity index (χ1n) is 4.57. The molecule has 0 spiro atoms. The van der Waals surface area contributed by atoms with Gasteiger partial charge >= 0.3 is 0 Å². The van der Waals surface area contributed by atoms with E-state index in [1.807, 2.05) is 13.0 Å².